The largest absolute Gasteiger partial charge is 0.372 e. The molecule has 28 heavy (non-hydrogen) atoms. The molecule has 2 aromatic rings. The van der Waals surface area contributed by atoms with Crippen LogP contribution in [0, 0.1) is 10.1 Å². The van der Waals surface area contributed by atoms with Crippen molar-refractivity contribution in [2.24, 2.45) is 10.2 Å². The van der Waals surface area contributed by atoms with E-state index in [4.69, 9.17) is 0 Å². The number of nitrogens with one attached hydrogen (secondary N) is 1. The molecule has 9 nitrogen and oxygen atoms in total. The van der Waals surface area contributed by atoms with Crippen LogP contribution in [-0.4, -0.2) is 29.7 Å². The molecule has 0 bridgehead atoms. The molecular weight excluding hydrogens is 382 g/mol. The third kappa shape index (κ3) is 4.97. The molecule has 0 atom stereocenters. The summed E-state index contributed by atoms with van der Waals surface area (Å²) in [4.78, 5) is 35.8. The Kier molecular flexibility index (Phi) is 6.94. The maximum Gasteiger partial charge on any atom is 0.326 e. The molecule has 0 fully saturated rings. The van der Waals surface area contributed by atoms with Gasteiger partial charge in [-0.3, -0.25) is 19.7 Å². The lowest BCUT2D eigenvalue weighted by Gasteiger charge is -2.22. The Morgan fingerprint density at radius 1 is 1.18 bits per heavy atom. The normalized spacial score (nSPS) is 10.9. The van der Waals surface area contributed by atoms with Gasteiger partial charge in [0.2, 0.25) is 5.91 Å². The van der Waals surface area contributed by atoms with Gasteiger partial charge in [-0.1, -0.05) is 0 Å². The third-order valence-electron chi connectivity index (χ3n) is 3.93. The number of nitro groups is 1. The van der Waals surface area contributed by atoms with E-state index in [1.54, 1.807) is 12.1 Å². The molecule has 0 aliphatic rings. The minimum Gasteiger partial charge on any atom is -0.372 e. The van der Waals surface area contributed by atoms with Crippen molar-refractivity contribution in [2.75, 3.05) is 23.3 Å². The number of nitrogens with zero attached hydrogens (tertiary/aromatic N) is 4. The SMILES string of the molecule is CCN(CC)c1ccc(N=Nc2sc([N+](=O)[O-])cc2C(C)=O)c(NC(C)=O)c1. The van der Waals surface area contributed by atoms with Gasteiger partial charge in [-0.2, -0.15) is 0 Å². The van der Waals surface area contributed by atoms with Crippen molar-refractivity contribution < 1.29 is 14.5 Å². The number of rotatable bonds is 8. The number of hydrogen-bond acceptors (Lipinski definition) is 8. The van der Waals surface area contributed by atoms with Crippen LogP contribution in [0.5, 0.6) is 0 Å². The van der Waals surface area contributed by atoms with Crippen LogP contribution < -0.4 is 10.2 Å². The average molecular weight is 403 g/mol. The molecule has 1 aromatic heterocycles. The van der Waals surface area contributed by atoms with Crippen LogP contribution in [0.15, 0.2) is 34.5 Å². The fraction of sp³-hybridized carbons (Fsp3) is 0.333. The van der Waals surface area contributed by atoms with Gasteiger partial charge in [0.05, 0.1) is 16.2 Å². The monoisotopic (exact) mass is 403 g/mol. The zero-order valence-electron chi connectivity index (χ0n) is 16.1. The molecule has 1 aromatic carbocycles. The van der Waals surface area contributed by atoms with Crippen LogP contribution in [0.1, 0.15) is 38.1 Å². The van der Waals surface area contributed by atoms with Crippen LogP contribution in [0.25, 0.3) is 0 Å². The third-order valence-corrected chi connectivity index (χ3v) is 4.90. The highest BCUT2D eigenvalue weighted by Gasteiger charge is 2.19. The zero-order chi connectivity index (χ0) is 20.8. The van der Waals surface area contributed by atoms with E-state index in [-0.39, 0.29) is 27.3 Å². The Hall–Kier alpha value is -3.14. The van der Waals surface area contributed by atoms with Crippen molar-refractivity contribution in [1.29, 1.82) is 0 Å². The summed E-state index contributed by atoms with van der Waals surface area (Å²) in [6.07, 6.45) is 0. The molecule has 1 N–H and O–H groups in total. The first-order chi connectivity index (χ1) is 13.3. The fourth-order valence-electron chi connectivity index (χ4n) is 2.57. The summed E-state index contributed by atoms with van der Waals surface area (Å²) in [5, 5.41) is 21.8. The van der Waals surface area contributed by atoms with Gasteiger partial charge in [0.25, 0.3) is 0 Å². The lowest BCUT2D eigenvalue weighted by molar-refractivity contribution is -0.380. The second kappa shape index (κ2) is 9.18. The highest BCUT2D eigenvalue weighted by molar-refractivity contribution is 7.19. The van der Waals surface area contributed by atoms with Crippen LogP contribution >= 0.6 is 11.3 Å². The van der Waals surface area contributed by atoms with Crippen LogP contribution in [-0.2, 0) is 4.79 Å². The Morgan fingerprint density at radius 2 is 1.86 bits per heavy atom. The van der Waals surface area contributed by atoms with Crippen LogP contribution in [0.4, 0.5) is 27.1 Å². The number of ketones is 1. The van der Waals surface area contributed by atoms with Crippen LogP contribution in [0.3, 0.4) is 0 Å². The number of benzene rings is 1. The van der Waals surface area contributed by atoms with Crippen molar-refractivity contribution in [3.8, 4) is 0 Å². The maximum atomic E-state index is 11.7. The molecule has 0 spiro atoms. The standard InChI is InChI=1S/C18H21N5O4S/c1-5-22(6-2)13-7-8-15(16(9-13)19-12(4)25)20-21-18-14(11(3)24)10-17(28-18)23(26)27/h7-10H,5-6H2,1-4H3,(H,19,25). The number of amides is 1. The molecule has 2 rings (SSSR count). The molecule has 1 amide bonds. The van der Waals surface area contributed by atoms with Crippen LogP contribution in [0.2, 0.25) is 0 Å². The molecule has 10 heteroatoms. The lowest BCUT2D eigenvalue weighted by Crippen LogP contribution is -2.21. The Morgan fingerprint density at radius 3 is 2.39 bits per heavy atom. The number of Topliss-reactive ketones (excluding diaryl/α,β-unsaturated/α-hetero) is 1. The van der Waals surface area contributed by atoms with E-state index in [9.17, 15) is 19.7 Å². The van der Waals surface area contributed by atoms with Crippen molar-refractivity contribution in [3.63, 3.8) is 0 Å². The van der Waals surface area contributed by atoms with E-state index in [2.05, 4.69) is 20.4 Å². The van der Waals surface area contributed by atoms with Crippen molar-refractivity contribution >= 4 is 50.1 Å². The van der Waals surface area contributed by atoms with Gasteiger partial charge in [0.1, 0.15) is 5.69 Å². The molecule has 148 valence electrons. The number of carbonyl (C=O) groups excluding carboxylic acids is 2. The number of hydrogen-bond donors (Lipinski definition) is 1. The van der Waals surface area contributed by atoms with Crippen molar-refractivity contribution in [3.05, 3.63) is 39.9 Å². The molecule has 0 radical (unpaired) electrons. The summed E-state index contributed by atoms with van der Waals surface area (Å²) in [6.45, 7) is 8.37. The van der Waals surface area contributed by atoms with Gasteiger partial charge >= 0.3 is 5.00 Å². The Labute approximate surface area is 166 Å². The highest BCUT2D eigenvalue weighted by Crippen LogP contribution is 2.38. The molecule has 0 unspecified atom stereocenters. The maximum absolute atomic E-state index is 11.7. The van der Waals surface area contributed by atoms with E-state index < -0.39 is 4.92 Å². The lowest BCUT2D eigenvalue weighted by atomic mass is 10.2. The van der Waals surface area contributed by atoms with Gasteiger partial charge < -0.3 is 10.2 Å². The minimum atomic E-state index is -0.572. The van der Waals surface area contributed by atoms with E-state index in [0.717, 1.165) is 30.1 Å². The summed E-state index contributed by atoms with van der Waals surface area (Å²) in [7, 11) is 0. The van der Waals surface area contributed by atoms with E-state index in [1.807, 2.05) is 19.9 Å². The zero-order valence-corrected chi connectivity index (χ0v) is 16.9. The quantitative estimate of drug-likeness (QED) is 0.285. The van der Waals surface area contributed by atoms with Crippen molar-refractivity contribution in [1.82, 2.24) is 0 Å². The summed E-state index contributed by atoms with van der Waals surface area (Å²) in [5.41, 5.74) is 1.91. The second-order valence-electron chi connectivity index (χ2n) is 5.87. The minimum absolute atomic E-state index is 0.140. The Balaban J connectivity index is 2.46. The van der Waals surface area contributed by atoms with Gasteiger partial charge in [-0.05, 0) is 50.3 Å². The second-order valence-corrected chi connectivity index (χ2v) is 6.88. The van der Waals surface area contributed by atoms with Gasteiger partial charge in [-0.15, -0.1) is 10.2 Å². The molecule has 0 aliphatic heterocycles. The van der Waals surface area contributed by atoms with Crippen molar-refractivity contribution in [2.45, 2.75) is 27.7 Å². The Bertz CT molecular complexity index is 934. The molecule has 0 saturated carbocycles. The summed E-state index contributed by atoms with van der Waals surface area (Å²) >= 11 is 0.774. The fourth-order valence-corrected chi connectivity index (χ4v) is 3.41. The van der Waals surface area contributed by atoms with Gasteiger partial charge in [-0.25, -0.2) is 0 Å². The first kappa shape index (κ1) is 21.2. The molecule has 1 heterocycles. The van der Waals surface area contributed by atoms with E-state index in [0.29, 0.717) is 11.4 Å². The topological polar surface area (TPSA) is 117 Å². The first-order valence-corrected chi connectivity index (χ1v) is 9.45. The van der Waals surface area contributed by atoms with Gasteiger partial charge in [0.15, 0.2) is 10.8 Å². The smallest absolute Gasteiger partial charge is 0.326 e. The number of carbonyl (C=O) groups is 2. The summed E-state index contributed by atoms with van der Waals surface area (Å²) in [5.74, 6) is -0.596. The number of thiophene rings is 1. The highest BCUT2D eigenvalue weighted by atomic mass is 32.1. The van der Waals surface area contributed by atoms with E-state index in [1.165, 1.54) is 19.9 Å². The summed E-state index contributed by atoms with van der Waals surface area (Å²) < 4.78 is 0. The predicted octanol–water partition coefficient (Wildman–Crippen LogP) is 5.08. The average Bonchev–Trinajstić information content (AvgIpc) is 3.06. The van der Waals surface area contributed by atoms with E-state index >= 15 is 0 Å². The molecule has 0 saturated heterocycles. The summed E-state index contributed by atoms with van der Waals surface area (Å²) in [6, 6.07) is 6.55. The molecule has 0 aliphatic carbocycles. The number of anilines is 2. The predicted molar refractivity (Wildman–Crippen MR) is 109 cm³/mol. The van der Waals surface area contributed by atoms with Gasteiger partial charge in [0, 0.05) is 31.8 Å². The first-order valence-electron chi connectivity index (χ1n) is 8.64. The molecular formula is C18H21N5O4S. The number of azo groups is 1.